The van der Waals surface area contributed by atoms with Gasteiger partial charge in [-0.1, -0.05) is 52.0 Å². The monoisotopic (exact) mass is 313 g/mol. The fourth-order valence-corrected chi connectivity index (χ4v) is 2.62. The van der Waals surface area contributed by atoms with Gasteiger partial charge in [0.15, 0.2) is 0 Å². The molecule has 3 heteroatoms. The Morgan fingerprint density at radius 3 is 2.04 bits per heavy atom. The van der Waals surface area contributed by atoms with E-state index >= 15 is 0 Å². The molecule has 0 aliphatic rings. The van der Waals surface area contributed by atoms with Crippen LogP contribution in [0.4, 0.5) is 10.1 Å². The first kappa shape index (κ1) is 17.2. The molecule has 23 heavy (non-hydrogen) atoms. The number of nitrogens with one attached hydrogen (secondary N) is 1. The van der Waals surface area contributed by atoms with Crippen molar-refractivity contribution in [2.45, 2.75) is 46.5 Å². The minimum absolute atomic E-state index is 0.279. The van der Waals surface area contributed by atoms with E-state index in [1.165, 1.54) is 6.07 Å². The van der Waals surface area contributed by atoms with Crippen molar-refractivity contribution in [3.63, 3.8) is 0 Å². The maximum atomic E-state index is 13.7. The lowest BCUT2D eigenvalue weighted by Gasteiger charge is -2.20. The summed E-state index contributed by atoms with van der Waals surface area (Å²) in [6.45, 7) is 10.1. The van der Waals surface area contributed by atoms with Gasteiger partial charge in [0.2, 0.25) is 0 Å². The molecule has 2 nitrogen and oxygen atoms in total. The molecule has 0 saturated heterocycles. The van der Waals surface area contributed by atoms with E-state index in [2.05, 4.69) is 33.0 Å². The summed E-state index contributed by atoms with van der Waals surface area (Å²) in [7, 11) is 0. The molecular weight excluding hydrogens is 289 g/mol. The van der Waals surface area contributed by atoms with Crippen LogP contribution in [0.3, 0.4) is 0 Å². The fourth-order valence-electron chi connectivity index (χ4n) is 2.62. The Kier molecular flexibility index (Phi) is 5.19. The van der Waals surface area contributed by atoms with E-state index in [0.717, 1.165) is 16.8 Å². The second kappa shape index (κ2) is 6.95. The van der Waals surface area contributed by atoms with Crippen molar-refractivity contribution in [2.75, 3.05) is 5.32 Å². The number of halogens is 1. The highest BCUT2D eigenvalue weighted by Crippen LogP contribution is 2.32. The Balaban J connectivity index is 2.41. The number of carbonyl (C=O) groups excluding carboxylic acids is 1. The Morgan fingerprint density at radius 1 is 1.00 bits per heavy atom. The molecule has 0 atom stereocenters. The van der Waals surface area contributed by atoms with Gasteiger partial charge in [0, 0.05) is 11.3 Å². The van der Waals surface area contributed by atoms with Gasteiger partial charge >= 0.3 is 0 Å². The highest BCUT2D eigenvalue weighted by atomic mass is 19.1. The summed E-state index contributed by atoms with van der Waals surface area (Å²) in [5, 5.41) is 3.00. The van der Waals surface area contributed by atoms with Gasteiger partial charge < -0.3 is 5.32 Å². The lowest BCUT2D eigenvalue weighted by Crippen LogP contribution is -2.16. The van der Waals surface area contributed by atoms with Gasteiger partial charge in [-0.3, -0.25) is 4.79 Å². The Bertz CT molecular complexity index is 693. The van der Waals surface area contributed by atoms with E-state index in [0.29, 0.717) is 23.0 Å². The zero-order valence-corrected chi connectivity index (χ0v) is 14.4. The van der Waals surface area contributed by atoms with Crippen LogP contribution in [0.1, 0.15) is 66.6 Å². The molecular formula is C20H24FNO. The molecule has 1 N–H and O–H groups in total. The third-order valence-corrected chi connectivity index (χ3v) is 4.05. The summed E-state index contributed by atoms with van der Waals surface area (Å²) < 4.78 is 13.7. The summed E-state index contributed by atoms with van der Waals surface area (Å²) in [5.41, 5.74) is 3.91. The van der Waals surface area contributed by atoms with Crippen molar-refractivity contribution >= 4 is 11.6 Å². The molecule has 0 aromatic heterocycles. The number of para-hydroxylation sites is 1. The van der Waals surface area contributed by atoms with Crippen molar-refractivity contribution < 1.29 is 9.18 Å². The van der Waals surface area contributed by atoms with Crippen LogP contribution in [0.5, 0.6) is 0 Å². The number of aryl methyl sites for hydroxylation is 1. The van der Waals surface area contributed by atoms with E-state index in [-0.39, 0.29) is 11.7 Å². The summed E-state index contributed by atoms with van der Waals surface area (Å²) in [4.78, 5) is 12.5. The van der Waals surface area contributed by atoms with Crippen molar-refractivity contribution in [1.82, 2.24) is 0 Å². The molecule has 122 valence electrons. The Hall–Kier alpha value is -2.16. The Labute approximate surface area is 137 Å². The second-order valence-corrected chi connectivity index (χ2v) is 6.54. The van der Waals surface area contributed by atoms with Crippen molar-refractivity contribution in [3.05, 3.63) is 64.5 Å². The van der Waals surface area contributed by atoms with E-state index < -0.39 is 0 Å². The smallest absolute Gasteiger partial charge is 0.255 e. The Morgan fingerprint density at radius 2 is 1.57 bits per heavy atom. The third kappa shape index (κ3) is 3.79. The number of amides is 1. The van der Waals surface area contributed by atoms with Crippen LogP contribution in [0, 0.1) is 12.7 Å². The van der Waals surface area contributed by atoms with E-state index in [4.69, 9.17) is 0 Å². The molecule has 0 radical (unpaired) electrons. The quantitative estimate of drug-likeness (QED) is 0.778. The molecule has 0 unspecified atom stereocenters. The van der Waals surface area contributed by atoms with Gasteiger partial charge in [0.1, 0.15) is 5.82 Å². The summed E-state index contributed by atoms with van der Waals surface area (Å²) in [5.74, 6) is -0.0599. The first-order valence-corrected chi connectivity index (χ1v) is 8.01. The molecule has 2 rings (SSSR count). The predicted octanol–water partition coefficient (Wildman–Crippen LogP) is 5.63. The minimum Gasteiger partial charge on any atom is -0.321 e. The van der Waals surface area contributed by atoms with Crippen LogP contribution in [0.15, 0.2) is 36.4 Å². The number of anilines is 1. The maximum Gasteiger partial charge on any atom is 0.255 e. The van der Waals surface area contributed by atoms with Crippen LogP contribution in [-0.2, 0) is 0 Å². The molecule has 1 amide bonds. The van der Waals surface area contributed by atoms with E-state index in [9.17, 15) is 9.18 Å². The molecule has 0 saturated carbocycles. The number of carbonyl (C=O) groups is 1. The van der Waals surface area contributed by atoms with Crippen LogP contribution in [-0.4, -0.2) is 5.91 Å². The SMILES string of the molecule is Cc1ccc(C(=O)Nc2c(C(C)C)cccc2C(C)C)cc1F. The van der Waals surface area contributed by atoms with Crippen molar-refractivity contribution in [3.8, 4) is 0 Å². The zero-order chi connectivity index (χ0) is 17.1. The number of benzene rings is 2. The van der Waals surface area contributed by atoms with Gasteiger partial charge in [0.25, 0.3) is 5.91 Å². The van der Waals surface area contributed by atoms with Crippen LogP contribution in [0.2, 0.25) is 0 Å². The predicted molar refractivity (Wildman–Crippen MR) is 93.7 cm³/mol. The maximum absolute atomic E-state index is 13.7. The minimum atomic E-state index is -0.362. The summed E-state index contributed by atoms with van der Waals surface area (Å²) >= 11 is 0. The highest BCUT2D eigenvalue weighted by Gasteiger charge is 2.17. The molecule has 0 aliphatic carbocycles. The molecule has 0 heterocycles. The number of hydrogen-bond acceptors (Lipinski definition) is 1. The first-order chi connectivity index (χ1) is 10.8. The van der Waals surface area contributed by atoms with Gasteiger partial charge in [-0.25, -0.2) is 4.39 Å². The lowest BCUT2D eigenvalue weighted by molar-refractivity contribution is 0.102. The first-order valence-electron chi connectivity index (χ1n) is 8.01. The number of hydrogen-bond donors (Lipinski definition) is 1. The second-order valence-electron chi connectivity index (χ2n) is 6.54. The summed E-state index contributed by atoms with van der Waals surface area (Å²) in [6, 6.07) is 10.6. The van der Waals surface area contributed by atoms with Gasteiger partial charge in [-0.15, -0.1) is 0 Å². The van der Waals surface area contributed by atoms with E-state index in [1.807, 2.05) is 18.2 Å². The highest BCUT2D eigenvalue weighted by molar-refractivity contribution is 6.05. The van der Waals surface area contributed by atoms with Crippen LogP contribution < -0.4 is 5.32 Å². The number of rotatable bonds is 4. The molecule has 0 fully saturated rings. The van der Waals surface area contributed by atoms with E-state index in [1.54, 1.807) is 19.1 Å². The summed E-state index contributed by atoms with van der Waals surface area (Å²) in [6.07, 6.45) is 0. The van der Waals surface area contributed by atoms with Crippen LogP contribution in [0.25, 0.3) is 0 Å². The lowest BCUT2D eigenvalue weighted by atomic mass is 9.92. The average Bonchev–Trinajstić information content (AvgIpc) is 2.49. The topological polar surface area (TPSA) is 29.1 Å². The molecule has 2 aromatic carbocycles. The molecule has 0 bridgehead atoms. The molecule has 0 aliphatic heterocycles. The average molecular weight is 313 g/mol. The normalized spacial score (nSPS) is 11.1. The molecule has 2 aromatic rings. The molecule has 0 spiro atoms. The van der Waals surface area contributed by atoms with Crippen molar-refractivity contribution in [1.29, 1.82) is 0 Å². The largest absolute Gasteiger partial charge is 0.321 e. The van der Waals surface area contributed by atoms with Gasteiger partial charge in [-0.2, -0.15) is 0 Å². The van der Waals surface area contributed by atoms with Crippen LogP contribution >= 0.6 is 0 Å². The standard InChI is InChI=1S/C20H24FNO/c1-12(2)16-7-6-8-17(13(3)4)19(16)22-20(23)15-10-9-14(5)18(21)11-15/h6-13H,1-5H3,(H,22,23). The van der Waals surface area contributed by atoms with Gasteiger partial charge in [-0.05, 0) is 47.6 Å². The fraction of sp³-hybridized carbons (Fsp3) is 0.350. The van der Waals surface area contributed by atoms with Crippen molar-refractivity contribution in [2.24, 2.45) is 0 Å². The zero-order valence-electron chi connectivity index (χ0n) is 14.4. The van der Waals surface area contributed by atoms with Gasteiger partial charge in [0.05, 0.1) is 0 Å². The third-order valence-electron chi connectivity index (χ3n) is 4.05.